The van der Waals surface area contributed by atoms with Gasteiger partial charge in [0.1, 0.15) is 0 Å². The van der Waals surface area contributed by atoms with Crippen LogP contribution in [-0.2, 0) is 14.8 Å². The summed E-state index contributed by atoms with van der Waals surface area (Å²) < 4.78 is 27.2. The first kappa shape index (κ1) is 18.6. The van der Waals surface area contributed by atoms with Crippen LogP contribution in [0.2, 0.25) is 0 Å². The summed E-state index contributed by atoms with van der Waals surface area (Å²) in [7, 11) is -3.53. The van der Waals surface area contributed by atoms with Gasteiger partial charge in [0.05, 0.1) is 4.90 Å². The average Bonchev–Trinajstić information content (AvgIpc) is 2.69. The fraction of sp³-hybridized carbons (Fsp3) is 0.350. The number of sulfonamides is 1. The molecule has 0 bridgehead atoms. The molecule has 1 aliphatic rings. The number of nitrogens with zero attached hydrogens (tertiary/aromatic N) is 2. The highest BCUT2D eigenvalue weighted by atomic mass is 32.2. The van der Waals surface area contributed by atoms with Crippen molar-refractivity contribution in [2.45, 2.75) is 24.7 Å². The Morgan fingerprint density at radius 1 is 0.885 bits per heavy atom. The van der Waals surface area contributed by atoms with E-state index in [-0.39, 0.29) is 5.91 Å². The zero-order chi connectivity index (χ0) is 18.6. The molecular weight excluding hydrogens is 348 g/mol. The van der Waals surface area contributed by atoms with Gasteiger partial charge in [-0.25, -0.2) is 8.42 Å². The molecule has 0 aliphatic carbocycles. The van der Waals surface area contributed by atoms with Gasteiger partial charge in [-0.15, -0.1) is 0 Å². The van der Waals surface area contributed by atoms with E-state index in [0.29, 0.717) is 37.5 Å². The van der Waals surface area contributed by atoms with E-state index < -0.39 is 10.0 Å². The van der Waals surface area contributed by atoms with Gasteiger partial charge in [0.2, 0.25) is 15.9 Å². The Hall–Kier alpha value is -2.18. The van der Waals surface area contributed by atoms with Crippen molar-refractivity contribution in [1.82, 2.24) is 9.21 Å². The minimum Gasteiger partial charge on any atom is -0.340 e. The maximum Gasteiger partial charge on any atom is 0.243 e. The maximum atomic E-state index is 12.9. The zero-order valence-electron chi connectivity index (χ0n) is 15.0. The van der Waals surface area contributed by atoms with Crippen LogP contribution >= 0.6 is 0 Å². The second-order valence-electron chi connectivity index (χ2n) is 6.43. The first-order valence-electron chi connectivity index (χ1n) is 8.96. The molecule has 1 amide bonds. The van der Waals surface area contributed by atoms with Crippen molar-refractivity contribution < 1.29 is 13.2 Å². The third-order valence-corrected chi connectivity index (χ3v) is 6.57. The Morgan fingerprint density at radius 3 is 2.04 bits per heavy atom. The predicted molar refractivity (Wildman–Crippen MR) is 102 cm³/mol. The second kappa shape index (κ2) is 8.01. The molecule has 2 aromatic rings. The van der Waals surface area contributed by atoms with Crippen molar-refractivity contribution in [2.75, 3.05) is 26.2 Å². The zero-order valence-corrected chi connectivity index (χ0v) is 15.8. The molecule has 5 nitrogen and oxygen atoms in total. The standard InChI is InChI=1S/C20H24N2O3S/c1-2-6-20(23)21-13-15-22(16-14-21)26(24,25)19-11-9-18(10-12-19)17-7-4-3-5-8-17/h3-5,7-12H,2,6,13-16H2,1H3. The van der Waals surface area contributed by atoms with E-state index >= 15 is 0 Å². The molecule has 1 saturated heterocycles. The van der Waals surface area contributed by atoms with E-state index in [1.165, 1.54) is 4.31 Å². The van der Waals surface area contributed by atoms with Crippen LogP contribution in [0.3, 0.4) is 0 Å². The smallest absolute Gasteiger partial charge is 0.243 e. The Labute approximate surface area is 155 Å². The third-order valence-electron chi connectivity index (χ3n) is 4.65. The summed E-state index contributed by atoms with van der Waals surface area (Å²) in [5.41, 5.74) is 2.04. The lowest BCUT2D eigenvalue weighted by Gasteiger charge is -2.34. The molecule has 0 radical (unpaired) electrons. The van der Waals surface area contributed by atoms with Crippen molar-refractivity contribution in [3.63, 3.8) is 0 Å². The highest BCUT2D eigenvalue weighted by molar-refractivity contribution is 7.89. The first-order valence-corrected chi connectivity index (χ1v) is 10.4. The molecule has 0 spiro atoms. The number of rotatable bonds is 5. The lowest BCUT2D eigenvalue weighted by atomic mass is 10.1. The highest BCUT2D eigenvalue weighted by Crippen LogP contribution is 2.23. The van der Waals surface area contributed by atoms with Gasteiger partial charge >= 0.3 is 0 Å². The Morgan fingerprint density at radius 2 is 1.46 bits per heavy atom. The van der Waals surface area contributed by atoms with E-state index in [2.05, 4.69) is 0 Å². The van der Waals surface area contributed by atoms with Crippen molar-refractivity contribution in [3.8, 4) is 11.1 Å². The molecule has 2 aromatic carbocycles. The van der Waals surface area contributed by atoms with Crippen LogP contribution in [-0.4, -0.2) is 49.7 Å². The molecule has 0 aromatic heterocycles. The molecule has 0 N–H and O–H groups in total. The van der Waals surface area contributed by atoms with Crippen molar-refractivity contribution in [3.05, 3.63) is 54.6 Å². The summed E-state index contributed by atoms with van der Waals surface area (Å²) in [4.78, 5) is 14.0. The second-order valence-corrected chi connectivity index (χ2v) is 8.36. The monoisotopic (exact) mass is 372 g/mol. The number of amides is 1. The topological polar surface area (TPSA) is 57.7 Å². The lowest BCUT2D eigenvalue weighted by Crippen LogP contribution is -2.50. The van der Waals surface area contributed by atoms with Crippen LogP contribution in [0, 0.1) is 0 Å². The Bertz CT molecular complexity index is 840. The molecule has 1 heterocycles. The van der Waals surface area contributed by atoms with E-state index in [1.807, 2.05) is 49.4 Å². The van der Waals surface area contributed by atoms with Crippen molar-refractivity contribution in [2.24, 2.45) is 0 Å². The molecule has 1 fully saturated rings. The average molecular weight is 372 g/mol. The fourth-order valence-corrected chi connectivity index (χ4v) is 4.57. The van der Waals surface area contributed by atoms with Gasteiger partial charge in [-0.1, -0.05) is 49.4 Å². The van der Waals surface area contributed by atoms with Crippen LogP contribution < -0.4 is 0 Å². The Kier molecular flexibility index (Phi) is 5.74. The van der Waals surface area contributed by atoms with Crippen molar-refractivity contribution in [1.29, 1.82) is 0 Å². The Balaban J connectivity index is 1.70. The van der Waals surface area contributed by atoms with Gasteiger partial charge in [-0.05, 0) is 29.7 Å². The summed E-state index contributed by atoms with van der Waals surface area (Å²) in [5.74, 6) is 0.108. The van der Waals surface area contributed by atoms with E-state index in [4.69, 9.17) is 0 Å². The van der Waals surface area contributed by atoms with Gasteiger partial charge in [0.15, 0.2) is 0 Å². The number of benzene rings is 2. The molecule has 3 rings (SSSR count). The minimum absolute atomic E-state index is 0.108. The van der Waals surface area contributed by atoms with E-state index in [0.717, 1.165) is 17.5 Å². The van der Waals surface area contributed by atoms with Crippen LogP contribution in [0.4, 0.5) is 0 Å². The highest BCUT2D eigenvalue weighted by Gasteiger charge is 2.29. The third kappa shape index (κ3) is 3.97. The molecule has 0 atom stereocenters. The molecular formula is C20H24N2O3S. The predicted octanol–water partition coefficient (Wildman–Crippen LogP) is 2.99. The van der Waals surface area contributed by atoms with Crippen LogP contribution in [0.5, 0.6) is 0 Å². The van der Waals surface area contributed by atoms with Gasteiger partial charge in [-0.2, -0.15) is 4.31 Å². The van der Waals surface area contributed by atoms with Crippen LogP contribution in [0.1, 0.15) is 19.8 Å². The number of piperazine rings is 1. The molecule has 26 heavy (non-hydrogen) atoms. The number of hydrogen-bond acceptors (Lipinski definition) is 3. The summed E-state index contributed by atoms with van der Waals surface area (Å²) >= 11 is 0. The number of carbonyl (C=O) groups is 1. The number of carbonyl (C=O) groups excluding carboxylic acids is 1. The number of hydrogen-bond donors (Lipinski definition) is 0. The van der Waals surface area contributed by atoms with Gasteiger partial charge in [0, 0.05) is 32.6 Å². The lowest BCUT2D eigenvalue weighted by molar-refractivity contribution is -0.132. The van der Waals surface area contributed by atoms with E-state index in [1.54, 1.807) is 17.0 Å². The molecule has 0 unspecified atom stereocenters. The quantitative estimate of drug-likeness (QED) is 0.811. The maximum absolute atomic E-state index is 12.9. The fourth-order valence-electron chi connectivity index (χ4n) is 3.15. The van der Waals surface area contributed by atoms with Gasteiger partial charge < -0.3 is 4.90 Å². The molecule has 6 heteroatoms. The summed E-state index contributed by atoms with van der Waals surface area (Å²) in [6, 6.07) is 16.9. The van der Waals surface area contributed by atoms with Crippen LogP contribution in [0.25, 0.3) is 11.1 Å². The molecule has 0 saturated carbocycles. The summed E-state index contributed by atoms with van der Waals surface area (Å²) in [6.45, 7) is 3.58. The SMILES string of the molecule is CCCC(=O)N1CCN(S(=O)(=O)c2ccc(-c3ccccc3)cc2)CC1. The van der Waals surface area contributed by atoms with E-state index in [9.17, 15) is 13.2 Å². The minimum atomic E-state index is -3.53. The first-order chi connectivity index (χ1) is 12.5. The molecule has 1 aliphatic heterocycles. The van der Waals surface area contributed by atoms with Crippen molar-refractivity contribution >= 4 is 15.9 Å². The van der Waals surface area contributed by atoms with Crippen LogP contribution in [0.15, 0.2) is 59.5 Å². The normalized spacial score (nSPS) is 15.8. The summed E-state index contributed by atoms with van der Waals surface area (Å²) in [6.07, 6.45) is 1.33. The molecule has 138 valence electrons. The van der Waals surface area contributed by atoms with Gasteiger partial charge in [-0.3, -0.25) is 4.79 Å². The summed E-state index contributed by atoms with van der Waals surface area (Å²) in [5, 5.41) is 0. The van der Waals surface area contributed by atoms with Gasteiger partial charge in [0.25, 0.3) is 0 Å². The largest absolute Gasteiger partial charge is 0.340 e.